The van der Waals surface area contributed by atoms with Crippen molar-refractivity contribution in [3.63, 3.8) is 0 Å². The van der Waals surface area contributed by atoms with Gasteiger partial charge in [-0.25, -0.2) is 0 Å². The Morgan fingerprint density at radius 1 is 1.32 bits per heavy atom. The normalized spacial score (nSPS) is 17.4. The fourth-order valence-corrected chi connectivity index (χ4v) is 3.20. The number of rotatable bonds is 5. The fraction of sp³-hybridized carbons (Fsp3) is 0.474. The van der Waals surface area contributed by atoms with Gasteiger partial charge >= 0.3 is 0 Å². The molecule has 0 aromatic heterocycles. The van der Waals surface area contributed by atoms with Crippen LogP contribution in [-0.4, -0.2) is 35.1 Å². The molecular formula is C19H23N3O3. The van der Waals surface area contributed by atoms with Crippen LogP contribution in [0.4, 0.5) is 0 Å². The topological polar surface area (TPSA) is 90.3 Å². The van der Waals surface area contributed by atoms with Crippen LogP contribution < -0.4 is 5.32 Å². The Hall–Kier alpha value is -2.68. The van der Waals surface area contributed by atoms with Crippen LogP contribution in [0.3, 0.4) is 0 Å². The smallest absolute Gasteiger partial charge is 0.245 e. The lowest BCUT2D eigenvalue weighted by Crippen LogP contribution is -2.42. The van der Waals surface area contributed by atoms with Gasteiger partial charge in [0.25, 0.3) is 0 Å². The number of Topliss-reactive ketones (excluding diaryl/α,β-unsaturated/α-hetero) is 1. The lowest BCUT2D eigenvalue weighted by atomic mass is 9.87. The highest BCUT2D eigenvalue weighted by atomic mass is 16.2. The molecule has 0 spiro atoms. The van der Waals surface area contributed by atoms with E-state index in [-0.39, 0.29) is 18.4 Å². The van der Waals surface area contributed by atoms with E-state index in [0.29, 0.717) is 6.54 Å². The molecule has 1 heterocycles. The van der Waals surface area contributed by atoms with Crippen LogP contribution in [0.5, 0.6) is 0 Å². The third-order valence-electron chi connectivity index (χ3n) is 4.36. The largest absolute Gasteiger partial charge is 0.352 e. The zero-order valence-corrected chi connectivity index (χ0v) is 14.8. The monoisotopic (exact) mass is 341 g/mol. The van der Waals surface area contributed by atoms with Crippen molar-refractivity contribution in [1.82, 2.24) is 10.2 Å². The van der Waals surface area contributed by atoms with Crippen molar-refractivity contribution in [2.24, 2.45) is 5.92 Å². The Morgan fingerprint density at radius 3 is 2.60 bits per heavy atom. The minimum absolute atomic E-state index is 0.0413. The Kier molecular flexibility index (Phi) is 5.92. The number of carbonyl (C=O) groups excluding carboxylic acids is 3. The second-order valence-electron chi connectivity index (χ2n) is 6.57. The summed E-state index contributed by atoms with van der Waals surface area (Å²) < 4.78 is 0. The summed E-state index contributed by atoms with van der Waals surface area (Å²) in [4.78, 5) is 38.4. The van der Waals surface area contributed by atoms with E-state index in [4.69, 9.17) is 0 Å². The molecule has 1 aliphatic heterocycles. The predicted octanol–water partition coefficient (Wildman–Crippen LogP) is 1.76. The lowest BCUT2D eigenvalue weighted by Gasteiger charge is -2.36. The number of nitrogens with one attached hydrogen (secondary N) is 1. The molecule has 132 valence electrons. The molecule has 0 aliphatic carbocycles. The summed E-state index contributed by atoms with van der Waals surface area (Å²) in [5.41, 5.74) is 2.01. The van der Waals surface area contributed by atoms with Gasteiger partial charge in [0.1, 0.15) is 0 Å². The van der Waals surface area contributed by atoms with Gasteiger partial charge in [0.2, 0.25) is 11.8 Å². The van der Waals surface area contributed by atoms with Crippen LogP contribution in [0, 0.1) is 17.2 Å². The van der Waals surface area contributed by atoms with Crippen molar-refractivity contribution in [3.8, 4) is 6.07 Å². The molecule has 0 fully saturated rings. The maximum absolute atomic E-state index is 12.6. The predicted molar refractivity (Wildman–Crippen MR) is 92.3 cm³/mol. The third kappa shape index (κ3) is 4.24. The van der Waals surface area contributed by atoms with E-state index < -0.39 is 23.7 Å². The minimum Gasteiger partial charge on any atom is -0.352 e. The van der Waals surface area contributed by atoms with Crippen LogP contribution >= 0.6 is 0 Å². The van der Waals surface area contributed by atoms with Gasteiger partial charge in [-0.3, -0.25) is 14.4 Å². The van der Waals surface area contributed by atoms with Crippen LogP contribution in [0.25, 0.3) is 0 Å². The number of ketones is 1. The van der Waals surface area contributed by atoms with E-state index in [0.717, 1.165) is 17.5 Å². The van der Waals surface area contributed by atoms with Crippen LogP contribution in [-0.2, 0) is 20.8 Å². The van der Waals surface area contributed by atoms with Gasteiger partial charge in [-0.1, -0.05) is 24.3 Å². The zero-order valence-electron chi connectivity index (χ0n) is 14.8. The summed E-state index contributed by atoms with van der Waals surface area (Å²) in [5, 5.41) is 11.9. The van der Waals surface area contributed by atoms with E-state index in [1.165, 1.54) is 6.92 Å². The highest BCUT2D eigenvalue weighted by Gasteiger charge is 2.35. The quantitative estimate of drug-likeness (QED) is 0.826. The molecule has 0 unspecified atom stereocenters. The molecular weight excluding hydrogens is 318 g/mol. The van der Waals surface area contributed by atoms with Gasteiger partial charge in [0, 0.05) is 25.9 Å². The first-order chi connectivity index (χ1) is 11.8. The Balaban J connectivity index is 2.26. The van der Waals surface area contributed by atoms with Crippen molar-refractivity contribution < 1.29 is 14.4 Å². The first-order valence-corrected chi connectivity index (χ1v) is 8.42. The Morgan fingerprint density at radius 2 is 2.00 bits per heavy atom. The van der Waals surface area contributed by atoms with Gasteiger partial charge in [-0.15, -0.1) is 0 Å². The third-order valence-corrected chi connectivity index (χ3v) is 4.36. The molecule has 1 aromatic carbocycles. The maximum atomic E-state index is 12.6. The summed E-state index contributed by atoms with van der Waals surface area (Å²) >= 11 is 0. The number of nitriles is 1. The van der Waals surface area contributed by atoms with Crippen LogP contribution in [0.1, 0.15) is 44.4 Å². The number of carbonyl (C=O) groups is 3. The molecule has 0 saturated carbocycles. The maximum Gasteiger partial charge on any atom is 0.245 e. The summed E-state index contributed by atoms with van der Waals surface area (Å²) in [6.07, 6.45) is 0.691. The van der Waals surface area contributed by atoms with Gasteiger partial charge in [-0.05, 0) is 31.4 Å². The second kappa shape index (κ2) is 7.93. The Bertz CT molecular complexity index is 721. The van der Waals surface area contributed by atoms with Crippen LogP contribution in [0.2, 0.25) is 0 Å². The minimum atomic E-state index is -1.36. The van der Waals surface area contributed by atoms with Crippen molar-refractivity contribution >= 4 is 17.6 Å². The Labute approximate surface area is 147 Å². The first kappa shape index (κ1) is 18.7. The number of benzene rings is 1. The first-order valence-electron chi connectivity index (χ1n) is 8.42. The standard InChI is InChI=1S/C19H23N3O3/c1-12(2)21-19(25)16(11-20)18(24)10-17-15-7-5-4-6-14(15)8-9-22(17)13(3)23/h4-7,12,16-17H,8-10H2,1-3H3,(H,21,25)/t16-,17-/m0/s1. The fourth-order valence-electron chi connectivity index (χ4n) is 3.20. The van der Waals surface area contributed by atoms with Crippen molar-refractivity contribution in [1.29, 1.82) is 5.26 Å². The number of amides is 2. The van der Waals surface area contributed by atoms with Gasteiger partial charge < -0.3 is 10.2 Å². The van der Waals surface area contributed by atoms with E-state index in [1.54, 1.807) is 24.8 Å². The van der Waals surface area contributed by atoms with Crippen molar-refractivity contribution in [2.75, 3.05) is 6.54 Å². The molecule has 1 aliphatic rings. The summed E-state index contributed by atoms with van der Waals surface area (Å²) in [6, 6.07) is 8.89. The van der Waals surface area contributed by atoms with Crippen molar-refractivity contribution in [3.05, 3.63) is 35.4 Å². The molecule has 1 aromatic rings. The van der Waals surface area contributed by atoms with Gasteiger partial charge in [-0.2, -0.15) is 5.26 Å². The van der Waals surface area contributed by atoms with Crippen molar-refractivity contribution in [2.45, 2.75) is 45.7 Å². The average molecular weight is 341 g/mol. The number of hydrogen-bond donors (Lipinski definition) is 1. The SMILES string of the molecule is CC(=O)N1CCc2ccccc2[C@@H]1CC(=O)[C@H](C#N)C(=O)NC(C)C. The molecule has 0 bridgehead atoms. The highest BCUT2D eigenvalue weighted by Crippen LogP contribution is 2.33. The molecule has 6 heteroatoms. The molecule has 2 amide bonds. The van der Waals surface area contributed by atoms with Gasteiger partial charge in [0.15, 0.2) is 11.7 Å². The zero-order chi connectivity index (χ0) is 18.6. The molecule has 0 saturated heterocycles. The van der Waals surface area contributed by atoms with E-state index >= 15 is 0 Å². The molecule has 0 radical (unpaired) electrons. The second-order valence-corrected chi connectivity index (χ2v) is 6.57. The van der Waals surface area contributed by atoms with Crippen LogP contribution in [0.15, 0.2) is 24.3 Å². The van der Waals surface area contributed by atoms with E-state index in [2.05, 4.69) is 5.32 Å². The molecule has 25 heavy (non-hydrogen) atoms. The summed E-state index contributed by atoms with van der Waals surface area (Å²) in [6.45, 7) is 5.54. The molecule has 2 atom stereocenters. The number of nitrogens with zero attached hydrogens (tertiary/aromatic N) is 2. The van der Waals surface area contributed by atoms with E-state index in [1.807, 2.05) is 24.3 Å². The summed E-state index contributed by atoms with van der Waals surface area (Å²) in [5.74, 6) is -2.52. The van der Waals surface area contributed by atoms with E-state index in [9.17, 15) is 19.6 Å². The average Bonchev–Trinajstić information content (AvgIpc) is 2.54. The van der Waals surface area contributed by atoms with Gasteiger partial charge in [0.05, 0.1) is 12.1 Å². The summed E-state index contributed by atoms with van der Waals surface area (Å²) in [7, 11) is 0. The number of fused-ring (bicyclic) bond motifs is 1. The highest BCUT2D eigenvalue weighted by molar-refractivity contribution is 6.04. The lowest BCUT2D eigenvalue weighted by molar-refractivity contribution is -0.135. The molecule has 1 N–H and O–H groups in total. The molecule has 2 rings (SSSR count). The molecule has 6 nitrogen and oxygen atoms in total. The number of hydrogen-bond acceptors (Lipinski definition) is 4.